The van der Waals surface area contributed by atoms with Crippen molar-refractivity contribution in [1.82, 2.24) is 10.2 Å². The van der Waals surface area contributed by atoms with Crippen LogP contribution in [0.3, 0.4) is 0 Å². The Morgan fingerprint density at radius 3 is 2.03 bits per heavy atom. The quantitative estimate of drug-likeness (QED) is 0.315. The number of hydrogen-bond donors (Lipinski definition) is 1. The van der Waals surface area contributed by atoms with Gasteiger partial charge in [-0.15, -0.1) is 0 Å². The number of carbonyl (C=O) groups excluding carboxylic acids is 2. The molecule has 3 aromatic carbocycles. The molecule has 39 heavy (non-hydrogen) atoms. The SMILES string of the molecule is CCc1ccc(N(CC(=O)N(Cc2ccc(Cl)cc2)[C@@H](C)C(=O)N[C@H](C)CC)S(=O)(=O)c2ccccc2)cc1. The summed E-state index contributed by atoms with van der Waals surface area (Å²) in [6.45, 7) is 7.15. The standard InChI is InChI=1S/C30H36ClN3O4S/c1-5-22(3)32-30(36)23(4)33(20-25-12-16-26(31)17-13-25)29(35)21-34(27-18-14-24(6-2)15-19-27)39(37,38)28-10-8-7-9-11-28/h7-19,22-23H,5-6,20-21H2,1-4H3,(H,32,36)/t22-,23+/m1/s1. The van der Waals surface area contributed by atoms with Gasteiger partial charge in [-0.25, -0.2) is 8.42 Å². The van der Waals surface area contributed by atoms with Gasteiger partial charge in [0.1, 0.15) is 12.6 Å². The summed E-state index contributed by atoms with van der Waals surface area (Å²) in [6.07, 6.45) is 1.53. The predicted octanol–water partition coefficient (Wildman–Crippen LogP) is 5.43. The third-order valence-corrected chi connectivity index (χ3v) is 8.72. The van der Waals surface area contributed by atoms with Crippen molar-refractivity contribution in [2.75, 3.05) is 10.8 Å². The Bertz CT molecular complexity index is 1350. The first-order valence-electron chi connectivity index (χ1n) is 13.1. The van der Waals surface area contributed by atoms with E-state index in [2.05, 4.69) is 5.32 Å². The van der Waals surface area contributed by atoms with Crippen LogP contribution in [-0.2, 0) is 32.6 Å². The number of hydrogen-bond acceptors (Lipinski definition) is 4. The molecule has 3 aromatic rings. The number of nitrogens with zero attached hydrogens (tertiary/aromatic N) is 2. The van der Waals surface area contributed by atoms with Crippen molar-refractivity contribution in [3.8, 4) is 0 Å². The summed E-state index contributed by atoms with van der Waals surface area (Å²) in [5.41, 5.74) is 2.18. The Morgan fingerprint density at radius 2 is 1.46 bits per heavy atom. The molecule has 0 heterocycles. The topological polar surface area (TPSA) is 86.8 Å². The van der Waals surface area contributed by atoms with Gasteiger partial charge in [-0.1, -0.05) is 67.9 Å². The molecule has 2 amide bonds. The molecular formula is C30H36ClN3O4S. The predicted molar refractivity (Wildman–Crippen MR) is 156 cm³/mol. The third kappa shape index (κ3) is 7.83. The second-order valence-corrected chi connectivity index (χ2v) is 11.8. The van der Waals surface area contributed by atoms with Crippen molar-refractivity contribution >= 4 is 39.1 Å². The molecule has 208 valence electrons. The van der Waals surface area contributed by atoms with E-state index in [0.717, 1.165) is 28.3 Å². The van der Waals surface area contributed by atoms with Crippen LogP contribution in [0.2, 0.25) is 5.02 Å². The van der Waals surface area contributed by atoms with Crippen molar-refractivity contribution in [3.05, 3.63) is 95.0 Å². The number of amides is 2. The molecule has 0 aliphatic carbocycles. The highest BCUT2D eigenvalue weighted by atomic mass is 35.5. The van der Waals surface area contributed by atoms with Gasteiger partial charge in [-0.3, -0.25) is 13.9 Å². The number of anilines is 1. The van der Waals surface area contributed by atoms with Gasteiger partial charge in [0.25, 0.3) is 10.0 Å². The second-order valence-electron chi connectivity index (χ2n) is 9.49. The second kappa shape index (κ2) is 13.6. The number of rotatable bonds is 12. The van der Waals surface area contributed by atoms with E-state index in [1.807, 2.05) is 32.9 Å². The van der Waals surface area contributed by atoms with E-state index in [4.69, 9.17) is 11.6 Å². The van der Waals surface area contributed by atoms with Gasteiger partial charge in [0.05, 0.1) is 10.6 Å². The van der Waals surface area contributed by atoms with Crippen LogP contribution >= 0.6 is 11.6 Å². The van der Waals surface area contributed by atoms with Crippen LogP contribution in [0.25, 0.3) is 0 Å². The number of sulfonamides is 1. The largest absolute Gasteiger partial charge is 0.352 e. The average molecular weight is 570 g/mol. The molecule has 0 saturated heterocycles. The molecule has 0 saturated carbocycles. The molecule has 9 heteroatoms. The van der Waals surface area contributed by atoms with Crippen LogP contribution in [0.15, 0.2) is 83.8 Å². The minimum Gasteiger partial charge on any atom is -0.352 e. The molecule has 3 rings (SSSR count). The Balaban J connectivity index is 2.01. The Hall–Kier alpha value is -3.36. The molecule has 1 N–H and O–H groups in total. The zero-order valence-corrected chi connectivity index (χ0v) is 24.4. The van der Waals surface area contributed by atoms with Crippen LogP contribution < -0.4 is 9.62 Å². The minimum absolute atomic E-state index is 0.0699. The molecule has 0 aliphatic heterocycles. The van der Waals surface area contributed by atoms with Gasteiger partial charge < -0.3 is 10.2 Å². The lowest BCUT2D eigenvalue weighted by atomic mass is 10.1. The first-order valence-corrected chi connectivity index (χ1v) is 14.9. The van der Waals surface area contributed by atoms with Gasteiger partial charge in [0.15, 0.2) is 0 Å². The molecule has 0 fully saturated rings. The highest BCUT2D eigenvalue weighted by Gasteiger charge is 2.32. The number of aryl methyl sites for hydroxylation is 1. The van der Waals surface area contributed by atoms with Gasteiger partial charge in [-0.2, -0.15) is 0 Å². The smallest absolute Gasteiger partial charge is 0.264 e. The number of benzene rings is 3. The van der Waals surface area contributed by atoms with Gasteiger partial charge in [0, 0.05) is 17.6 Å². The lowest BCUT2D eigenvalue weighted by molar-refractivity contribution is -0.139. The van der Waals surface area contributed by atoms with Crippen LogP contribution in [-0.4, -0.2) is 43.8 Å². The fourth-order valence-corrected chi connectivity index (χ4v) is 5.54. The molecule has 0 aromatic heterocycles. The van der Waals surface area contributed by atoms with Gasteiger partial charge in [0.2, 0.25) is 11.8 Å². The van der Waals surface area contributed by atoms with Crippen molar-refractivity contribution < 1.29 is 18.0 Å². The Morgan fingerprint density at radius 1 is 0.872 bits per heavy atom. The Kier molecular flexibility index (Phi) is 10.5. The first kappa shape index (κ1) is 30.2. The maximum atomic E-state index is 13.9. The summed E-state index contributed by atoms with van der Waals surface area (Å²) >= 11 is 6.05. The highest BCUT2D eigenvalue weighted by Crippen LogP contribution is 2.25. The fourth-order valence-electron chi connectivity index (χ4n) is 3.98. The van der Waals surface area contributed by atoms with Gasteiger partial charge in [-0.05, 0) is 74.2 Å². The minimum atomic E-state index is -4.08. The molecule has 0 bridgehead atoms. The normalized spacial score (nSPS) is 12.8. The van der Waals surface area contributed by atoms with E-state index in [9.17, 15) is 18.0 Å². The maximum absolute atomic E-state index is 13.9. The zero-order valence-electron chi connectivity index (χ0n) is 22.8. The molecule has 0 spiro atoms. The third-order valence-electron chi connectivity index (χ3n) is 6.68. The van der Waals surface area contributed by atoms with Crippen molar-refractivity contribution in [1.29, 1.82) is 0 Å². The van der Waals surface area contributed by atoms with Crippen LogP contribution in [0.4, 0.5) is 5.69 Å². The van der Waals surface area contributed by atoms with Crippen LogP contribution in [0, 0.1) is 0 Å². The molecular weight excluding hydrogens is 534 g/mol. The molecule has 0 radical (unpaired) electrons. The molecule has 7 nitrogen and oxygen atoms in total. The average Bonchev–Trinajstić information content (AvgIpc) is 2.95. The Labute approximate surface area is 236 Å². The summed E-state index contributed by atoms with van der Waals surface area (Å²) in [6, 6.07) is 21.2. The lowest BCUT2D eigenvalue weighted by Crippen LogP contribution is -2.52. The van der Waals surface area contributed by atoms with Crippen molar-refractivity contribution in [2.24, 2.45) is 0 Å². The number of halogens is 1. The molecule has 2 atom stereocenters. The van der Waals surface area contributed by atoms with Crippen LogP contribution in [0.1, 0.15) is 45.2 Å². The summed E-state index contributed by atoms with van der Waals surface area (Å²) in [5.74, 6) is -0.813. The molecule has 0 aliphatic rings. The summed E-state index contributed by atoms with van der Waals surface area (Å²) in [5, 5.41) is 3.48. The maximum Gasteiger partial charge on any atom is 0.264 e. The van der Waals surface area contributed by atoms with Gasteiger partial charge >= 0.3 is 0 Å². The summed E-state index contributed by atoms with van der Waals surface area (Å²) < 4.78 is 28.7. The lowest BCUT2D eigenvalue weighted by Gasteiger charge is -2.32. The van der Waals surface area contributed by atoms with Crippen molar-refractivity contribution in [3.63, 3.8) is 0 Å². The summed E-state index contributed by atoms with van der Waals surface area (Å²) in [4.78, 5) is 28.5. The number of nitrogens with one attached hydrogen (secondary N) is 1. The first-order chi connectivity index (χ1) is 18.6. The summed E-state index contributed by atoms with van der Waals surface area (Å²) in [7, 11) is -4.08. The zero-order chi connectivity index (χ0) is 28.6. The van der Waals surface area contributed by atoms with Crippen LogP contribution in [0.5, 0.6) is 0 Å². The van der Waals surface area contributed by atoms with E-state index < -0.39 is 28.5 Å². The van der Waals surface area contributed by atoms with Crippen molar-refractivity contribution in [2.45, 2.75) is 64.1 Å². The fraction of sp³-hybridized carbons (Fsp3) is 0.333. The highest BCUT2D eigenvalue weighted by molar-refractivity contribution is 7.92. The number of carbonyl (C=O) groups is 2. The molecule has 0 unspecified atom stereocenters. The van der Waals surface area contributed by atoms with E-state index in [0.29, 0.717) is 10.7 Å². The van der Waals surface area contributed by atoms with E-state index in [1.165, 1.54) is 17.0 Å². The van der Waals surface area contributed by atoms with E-state index >= 15 is 0 Å². The van der Waals surface area contributed by atoms with E-state index in [-0.39, 0.29) is 23.4 Å². The van der Waals surface area contributed by atoms with E-state index in [1.54, 1.807) is 61.5 Å². The monoisotopic (exact) mass is 569 g/mol.